The van der Waals surface area contributed by atoms with E-state index in [4.69, 9.17) is 14.2 Å². The summed E-state index contributed by atoms with van der Waals surface area (Å²) in [7, 11) is 1.95. The molecule has 0 heterocycles. The average molecular weight is 412 g/mol. The first-order chi connectivity index (χ1) is 12.0. The van der Waals surface area contributed by atoms with Gasteiger partial charge in [-0.3, -0.25) is 0 Å². The van der Waals surface area contributed by atoms with Crippen molar-refractivity contribution < 1.29 is 14.2 Å². The molecule has 0 radical (unpaired) electrons. The van der Waals surface area contributed by atoms with Crippen molar-refractivity contribution in [2.75, 3.05) is 33.5 Å². The van der Waals surface area contributed by atoms with Crippen LogP contribution in [0.25, 0.3) is 0 Å². The second kappa shape index (κ2) is 13.1. The van der Waals surface area contributed by atoms with Gasteiger partial charge in [0.25, 0.3) is 0 Å². The number of ether oxygens (including phenoxy) is 3. The molecule has 1 aromatic carbocycles. The highest BCUT2D eigenvalue weighted by atomic mass is 79.9. The van der Waals surface area contributed by atoms with Gasteiger partial charge in [0.1, 0.15) is 0 Å². The fourth-order valence-electron chi connectivity index (χ4n) is 2.02. The van der Waals surface area contributed by atoms with E-state index in [0.717, 1.165) is 16.6 Å². The molecule has 140 valence electrons. The van der Waals surface area contributed by atoms with Crippen LogP contribution in [0.2, 0.25) is 0 Å². The molecule has 1 atom stereocenters. The number of rotatable bonds is 13. The molecule has 0 saturated carbocycles. The monoisotopic (exact) mass is 411 g/mol. The smallest absolute Gasteiger partial charge is 0.0862 e. The van der Waals surface area contributed by atoms with Crippen LogP contribution in [0.1, 0.15) is 25.8 Å². The lowest BCUT2D eigenvalue weighted by molar-refractivity contribution is 0.00824. The maximum Gasteiger partial charge on any atom is 0.0862 e. The van der Waals surface area contributed by atoms with Gasteiger partial charge in [0.05, 0.1) is 32.5 Å². The summed E-state index contributed by atoms with van der Waals surface area (Å²) >= 11 is 3.40. The molecule has 5 heteroatoms. The van der Waals surface area contributed by atoms with Gasteiger partial charge in [-0.15, -0.1) is 0 Å². The van der Waals surface area contributed by atoms with E-state index in [-0.39, 0.29) is 6.10 Å². The summed E-state index contributed by atoms with van der Waals surface area (Å²) in [4.78, 5) is 1.94. The first-order valence-corrected chi connectivity index (χ1v) is 9.34. The average Bonchev–Trinajstić information content (AvgIpc) is 2.59. The van der Waals surface area contributed by atoms with Crippen LogP contribution in [-0.2, 0) is 20.8 Å². The van der Waals surface area contributed by atoms with E-state index in [9.17, 15) is 0 Å². The van der Waals surface area contributed by atoms with Crippen LogP contribution in [-0.4, -0.2) is 44.5 Å². The third kappa shape index (κ3) is 11.2. The summed E-state index contributed by atoms with van der Waals surface area (Å²) in [6, 6.07) is 10.2. The molecule has 1 unspecified atom stereocenters. The Hall–Kier alpha value is -1.14. The van der Waals surface area contributed by atoms with Crippen molar-refractivity contribution in [1.29, 1.82) is 0 Å². The molecule has 0 aliphatic rings. The fourth-order valence-corrected chi connectivity index (χ4v) is 2.32. The molecule has 4 nitrogen and oxygen atoms in total. The summed E-state index contributed by atoms with van der Waals surface area (Å²) in [5, 5.41) is 0. The third-order valence-electron chi connectivity index (χ3n) is 3.56. The molecule has 0 bridgehead atoms. The Bertz CT molecular complexity index is 515. The minimum absolute atomic E-state index is 0.175. The van der Waals surface area contributed by atoms with Crippen molar-refractivity contribution in [3.63, 3.8) is 0 Å². The minimum Gasteiger partial charge on any atom is -0.379 e. The number of nitrogens with zero attached hydrogens (tertiary/aromatic N) is 1. The summed E-state index contributed by atoms with van der Waals surface area (Å²) in [6.07, 6.45) is 3.00. The summed E-state index contributed by atoms with van der Waals surface area (Å²) in [5.41, 5.74) is 2.10. The molecule has 25 heavy (non-hydrogen) atoms. The highest BCUT2D eigenvalue weighted by Crippen LogP contribution is 2.08. The maximum atomic E-state index is 5.81. The van der Waals surface area contributed by atoms with Crippen molar-refractivity contribution in [3.05, 3.63) is 58.9 Å². The van der Waals surface area contributed by atoms with Gasteiger partial charge < -0.3 is 19.1 Å². The lowest BCUT2D eigenvalue weighted by Crippen LogP contribution is -2.17. The number of benzene rings is 1. The van der Waals surface area contributed by atoms with Crippen molar-refractivity contribution in [2.45, 2.75) is 33.0 Å². The molecule has 0 aliphatic carbocycles. The fraction of sp³-hybridized carbons (Fsp3) is 0.500. The minimum atomic E-state index is 0.175. The maximum absolute atomic E-state index is 5.81. The van der Waals surface area contributed by atoms with Gasteiger partial charge in [0.2, 0.25) is 0 Å². The number of hydrogen-bond donors (Lipinski definition) is 0. The molecule has 0 amide bonds. The highest BCUT2D eigenvalue weighted by molar-refractivity contribution is 9.11. The third-order valence-corrected chi connectivity index (χ3v) is 3.76. The van der Waals surface area contributed by atoms with Crippen molar-refractivity contribution in [3.8, 4) is 0 Å². The lowest BCUT2D eigenvalue weighted by Gasteiger charge is -2.17. The predicted octanol–water partition coefficient (Wildman–Crippen LogP) is 4.72. The molecule has 0 spiro atoms. The zero-order valence-corrected chi connectivity index (χ0v) is 17.1. The number of allylic oxidation sites excluding steroid dienone is 1. The Labute approximate surface area is 160 Å². The van der Waals surface area contributed by atoms with Gasteiger partial charge >= 0.3 is 0 Å². The summed E-state index contributed by atoms with van der Waals surface area (Å²) in [5.74, 6) is 0. The molecule has 1 aromatic rings. The van der Waals surface area contributed by atoms with Gasteiger partial charge in [0, 0.05) is 30.0 Å². The zero-order valence-electron chi connectivity index (χ0n) is 15.5. The largest absolute Gasteiger partial charge is 0.379 e. The van der Waals surface area contributed by atoms with Crippen LogP contribution in [0.3, 0.4) is 0 Å². The molecule has 0 fully saturated rings. The molecule has 0 aliphatic heterocycles. The van der Waals surface area contributed by atoms with E-state index in [1.807, 2.05) is 43.3 Å². The molecular formula is C20H30BrNO3. The van der Waals surface area contributed by atoms with Crippen LogP contribution in [0.5, 0.6) is 0 Å². The molecular weight excluding hydrogens is 382 g/mol. The van der Waals surface area contributed by atoms with E-state index in [1.54, 1.807) is 0 Å². The van der Waals surface area contributed by atoms with Crippen LogP contribution in [0, 0.1) is 0 Å². The quantitative estimate of drug-likeness (QED) is 0.439. The van der Waals surface area contributed by atoms with Crippen LogP contribution >= 0.6 is 15.9 Å². The Kier molecular flexibility index (Phi) is 11.5. The van der Waals surface area contributed by atoms with Crippen LogP contribution < -0.4 is 0 Å². The van der Waals surface area contributed by atoms with Gasteiger partial charge in [-0.05, 0) is 25.8 Å². The van der Waals surface area contributed by atoms with Crippen LogP contribution in [0.15, 0.2) is 53.3 Å². The summed E-state index contributed by atoms with van der Waals surface area (Å²) in [6.45, 7) is 11.0. The van der Waals surface area contributed by atoms with E-state index in [0.29, 0.717) is 33.0 Å². The molecule has 0 N–H and O–H groups in total. The standard InChI is InChI=1S/C20H30BrNO3/c1-17(21)14-22(4)18(2)15-24-13-12-23-11-10-19(3)25-16-20-8-6-5-7-9-20/h5-9,14,19H,2,10-13,15-16H2,1,3-4H3/b17-14+. The van der Waals surface area contributed by atoms with Crippen LogP contribution in [0.4, 0.5) is 0 Å². The van der Waals surface area contributed by atoms with Gasteiger partial charge in [-0.25, -0.2) is 0 Å². The molecule has 0 saturated heterocycles. The van der Waals surface area contributed by atoms with Gasteiger partial charge in [-0.2, -0.15) is 0 Å². The second-order valence-corrected chi connectivity index (χ2v) is 7.20. The van der Waals surface area contributed by atoms with Crippen molar-refractivity contribution in [1.82, 2.24) is 4.90 Å². The normalized spacial score (nSPS) is 12.9. The number of hydrogen-bond acceptors (Lipinski definition) is 4. The van der Waals surface area contributed by atoms with E-state index < -0.39 is 0 Å². The molecule has 1 rings (SSSR count). The Balaban J connectivity index is 1.99. The Morgan fingerprint density at radius 1 is 1.20 bits per heavy atom. The zero-order chi connectivity index (χ0) is 18.5. The number of halogens is 1. The van der Waals surface area contributed by atoms with E-state index in [1.165, 1.54) is 5.56 Å². The highest BCUT2D eigenvalue weighted by Gasteiger charge is 2.03. The van der Waals surface area contributed by atoms with E-state index >= 15 is 0 Å². The molecule has 0 aromatic heterocycles. The SMILES string of the molecule is C=C(COCCOCCC(C)OCc1ccccc1)N(C)/C=C(\C)Br. The van der Waals surface area contributed by atoms with Gasteiger partial charge in [0.15, 0.2) is 0 Å². The van der Waals surface area contributed by atoms with Crippen molar-refractivity contribution in [2.24, 2.45) is 0 Å². The topological polar surface area (TPSA) is 30.9 Å². The predicted molar refractivity (Wildman–Crippen MR) is 107 cm³/mol. The van der Waals surface area contributed by atoms with E-state index in [2.05, 4.69) is 41.6 Å². The number of likely N-dealkylation sites (N-methyl/N-ethyl adjacent to an activating group) is 1. The lowest BCUT2D eigenvalue weighted by atomic mass is 10.2. The Morgan fingerprint density at radius 2 is 1.88 bits per heavy atom. The second-order valence-electron chi connectivity index (χ2n) is 5.95. The first kappa shape index (κ1) is 21.9. The van der Waals surface area contributed by atoms with Gasteiger partial charge in [-0.1, -0.05) is 52.8 Å². The van der Waals surface area contributed by atoms with Crippen molar-refractivity contribution >= 4 is 15.9 Å². The Morgan fingerprint density at radius 3 is 2.56 bits per heavy atom. The first-order valence-electron chi connectivity index (χ1n) is 8.54. The summed E-state index contributed by atoms with van der Waals surface area (Å²) < 4.78 is 18.0.